The monoisotopic (exact) mass is 814 g/mol. The van der Waals surface area contributed by atoms with Gasteiger partial charge < -0.3 is 0 Å². The van der Waals surface area contributed by atoms with Gasteiger partial charge in [-0.15, -0.1) is 0 Å². The zero-order valence-corrected chi connectivity index (χ0v) is 34.7. The van der Waals surface area contributed by atoms with Crippen molar-refractivity contribution in [2.24, 2.45) is 0 Å². The number of rotatable bonds is 7. The van der Waals surface area contributed by atoms with E-state index in [9.17, 15) is 0 Å². The van der Waals surface area contributed by atoms with Gasteiger partial charge in [0, 0.05) is 39.0 Å². The quantitative estimate of drug-likeness (QED) is 0.150. The SMILES string of the molecule is c1ccc(-c2cccc(-c3cc(-c4ccc(-c5ccc(-c6cc7c(-c8ccc9ccccc9c8)nc8ccccc8c7c7ccccc67)cc5)cc4)nc(-c4ccccn4)n3)c2)cc1. The maximum atomic E-state index is 5.35. The summed E-state index contributed by atoms with van der Waals surface area (Å²) in [5.41, 5.74) is 14.4. The largest absolute Gasteiger partial charge is 0.253 e. The van der Waals surface area contributed by atoms with Gasteiger partial charge in [-0.25, -0.2) is 15.0 Å². The molecule has 64 heavy (non-hydrogen) atoms. The summed E-state index contributed by atoms with van der Waals surface area (Å²) >= 11 is 0. The van der Waals surface area contributed by atoms with Gasteiger partial charge in [-0.2, -0.15) is 0 Å². The number of hydrogen-bond donors (Lipinski definition) is 0. The molecule has 0 aliphatic carbocycles. The molecule has 0 atom stereocenters. The zero-order chi connectivity index (χ0) is 42.4. The van der Waals surface area contributed by atoms with E-state index >= 15 is 0 Å². The van der Waals surface area contributed by atoms with E-state index in [0.717, 1.165) is 83.6 Å². The van der Waals surface area contributed by atoms with Crippen LogP contribution in [0.4, 0.5) is 0 Å². The molecule has 0 aliphatic heterocycles. The van der Waals surface area contributed by atoms with Crippen LogP contribution in [0, 0.1) is 0 Å². The summed E-state index contributed by atoms with van der Waals surface area (Å²) in [6, 6.07) is 79.4. The Kier molecular flexibility index (Phi) is 9.12. The van der Waals surface area contributed by atoms with Crippen LogP contribution in [0.3, 0.4) is 0 Å². The fraction of sp³-hybridized carbons (Fsp3) is 0. The van der Waals surface area contributed by atoms with Crippen LogP contribution in [0.5, 0.6) is 0 Å². The Balaban J connectivity index is 0.922. The van der Waals surface area contributed by atoms with Crippen molar-refractivity contribution in [3.63, 3.8) is 0 Å². The molecule has 0 saturated carbocycles. The summed E-state index contributed by atoms with van der Waals surface area (Å²) in [5, 5.41) is 8.39. The second-order valence-electron chi connectivity index (χ2n) is 16.2. The van der Waals surface area contributed by atoms with E-state index in [1.807, 2.05) is 24.3 Å². The van der Waals surface area contributed by atoms with Crippen LogP contribution in [-0.4, -0.2) is 19.9 Å². The predicted octanol–water partition coefficient (Wildman–Crippen LogP) is 15.5. The van der Waals surface area contributed by atoms with Crippen LogP contribution >= 0.6 is 0 Å². The van der Waals surface area contributed by atoms with Crippen LogP contribution in [0.25, 0.3) is 122 Å². The molecule has 9 aromatic carbocycles. The molecule has 0 fully saturated rings. The lowest BCUT2D eigenvalue weighted by atomic mass is 9.89. The Bertz CT molecular complexity index is 3700. The molecule has 0 N–H and O–H groups in total. The van der Waals surface area contributed by atoms with E-state index in [4.69, 9.17) is 15.0 Å². The van der Waals surface area contributed by atoms with Crippen molar-refractivity contribution < 1.29 is 0 Å². The van der Waals surface area contributed by atoms with Crippen molar-refractivity contribution in [1.29, 1.82) is 0 Å². The first-order valence-corrected chi connectivity index (χ1v) is 21.6. The number of para-hydroxylation sites is 1. The van der Waals surface area contributed by atoms with E-state index in [-0.39, 0.29) is 0 Å². The minimum absolute atomic E-state index is 0.590. The lowest BCUT2D eigenvalue weighted by molar-refractivity contribution is 1.15. The van der Waals surface area contributed by atoms with E-state index in [1.54, 1.807) is 6.20 Å². The van der Waals surface area contributed by atoms with E-state index in [2.05, 4.69) is 205 Å². The lowest BCUT2D eigenvalue weighted by Crippen LogP contribution is -1.97. The molecule has 4 heteroatoms. The number of fused-ring (bicyclic) bond motifs is 6. The Morgan fingerprint density at radius 1 is 0.281 bits per heavy atom. The molecule has 0 radical (unpaired) electrons. The fourth-order valence-electron chi connectivity index (χ4n) is 9.13. The van der Waals surface area contributed by atoms with Crippen LogP contribution < -0.4 is 0 Å². The van der Waals surface area contributed by atoms with Crippen LogP contribution in [0.1, 0.15) is 0 Å². The zero-order valence-electron chi connectivity index (χ0n) is 34.7. The van der Waals surface area contributed by atoms with E-state index in [0.29, 0.717) is 5.82 Å². The first kappa shape index (κ1) is 37.2. The van der Waals surface area contributed by atoms with Crippen molar-refractivity contribution in [1.82, 2.24) is 19.9 Å². The van der Waals surface area contributed by atoms with E-state index < -0.39 is 0 Å². The highest BCUT2D eigenvalue weighted by Crippen LogP contribution is 2.42. The maximum absolute atomic E-state index is 5.35. The molecule has 0 spiro atoms. The number of pyridine rings is 2. The third-order valence-corrected chi connectivity index (χ3v) is 12.3. The Morgan fingerprint density at radius 3 is 1.66 bits per heavy atom. The third-order valence-electron chi connectivity index (χ3n) is 12.3. The first-order chi connectivity index (χ1) is 31.7. The number of benzene rings is 9. The van der Waals surface area contributed by atoms with Gasteiger partial charge in [-0.3, -0.25) is 4.98 Å². The summed E-state index contributed by atoms with van der Waals surface area (Å²) < 4.78 is 0. The molecule has 12 rings (SSSR count). The van der Waals surface area contributed by atoms with Crippen molar-refractivity contribution in [3.05, 3.63) is 231 Å². The predicted molar refractivity (Wildman–Crippen MR) is 266 cm³/mol. The molecule has 0 unspecified atom stereocenters. The fourth-order valence-corrected chi connectivity index (χ4v) is 9.13. The summed E-state index contributed by atoms with van der Waals surface area (Å²) in [6.45, 7) is 0. The summed E-state index contributed by atoms with van der Waals surface area (Å²) in [4.78, 5) is 20.0. The summed E-state index contributed by atoms with van der Waals surface area (Å²) in [6.07, 6.45) is 1.78. The number of hydrogen-bond acceptors (Lipinski definition) is 4. The molecule has 0 amide bonds. The molecule has 4 nitrogen and oxygen atoms in total. The Hall–Kier alpha value is -8.60. The minimum atomic E-state index is 0.590. The van der Waals surface area contributed by atoms with Gasteiger partial charge in [0.2, 0.25) is 0 Å². The molecular formula is C60H38N4. The standard InChI is InChI=1S/C60H38N4/c1-2-13-39(14-3-1)46-17-12-18-47(35-46)57-38-56(63-60(64-57)55-23-10-11-34-61-55)44-31-26-42(27-32-44)41-24-29-43(30-25-41)52-37-53-58(50-20-7-6-19-49(50)52)51-21-8-9-22-54(51)62-59(53)48-33-28-40-15-4-5-16-45(40)36-48/h1-38H. The van der Waals surface area contributed by atoms with Crippen LogP contribution in [-0.2, 0) is 0 Å². The normalized spacial score (nSPS) is 11.4. The van der Waals surface area contributed by atoms with Crippen molar-refractivity contribution in [3.8, 4) is 78.7 Å². The van der Waals surface area contributed by atoms with Gasteiger partial charge in [0.05, 0.1) is 22.6 Å². The van der Waals surface area contributed by atoms with Gasteiger partial charge in [0.25, 0.3) is 0 Å². The van der Waals surface area contributed by atoms with Crippen molar-refractivity contribution >= 4 is 43.2 Å². The third kappa shape index (κ3) is 6.75. The second-order valence-corrected chi connectivity index (χ2v) is 16.2. The Labute approximate surface area is 370 Å². The summed E-state index contributed by atoms with van der Waals surface area (Å²) in [5.74, 6) is 0.590. The molecule has 12 aromatic rings. The van der Waals surface area contributed by atoms with Gasteiger partial charge in [0.15, 0.2) is 5.82 Å². The molecule has 3 aromatic heterocycles. The van der Waals surface area contributed by atoms with Crippen molar-refractivity contribution in [2.45, 2.75) is 0 Å². The molecule has 0 bridgehead atoms. The second kappa shape index (κ2) is 15.7. The lowest BCUT2D eigenvalue weighted by Gasteiger charge is -2.16. The average molecular weight is 815 g/mol. The van der Waals surface area contributed by atoms with Crippen LogP contribution in [0.15, 0.2) is 231 Å². The van der Waals surface area contributed by atoms with E-state index in [1.165, 1.54) is 32.5 Å². The van der Waals surface area contributed by atoms with Gasteiger partial charge in [0.1, 0.15) is 5.69 Å². The number of aromatic nitrogens is 4. The smallest absolute Gasteiger partial charge is 0.179 e. The highest BCUT2D eigenvalue weighted by Gasteiger charge is 2.18. The molecular weight excluding hydrogens is 777 g/mol. The molecule has 0 aliphatic rings. The summed E-state index contributed by atoms with van der Waals surface area (Å²) in [7, 11) is 0. The highest BCUT2D eigenvalue weighted by atomic mass is 14.9. The Morgan fingerprint density at radius 2 is 0.875 bits per heavy atom. The van der Waals surface area contributed by atoms with Crippen LogP contribution in [0.2, 0.25) is 0 Å². The molecule has 0 saturated heterocycles. The maximum Gasteiger partial charge on any atom is 0.179 e. The average Bonchev–Trinajstić information content (AvgIpc) is 3.38. The highest BCUT2D eigenvalue weighted by molar-refractivity contribution is 6.25. The molecule has 3 heterocycles. The topological polar surface area (TPSA) is 51.6 Å². The van der Waals surface area contributed by atoms with Crippen molar-refractivity contribution in [2.75, 3.05) is 0 Å². The molecule has 298 valence electrons. The first-order valence-electron chi connectivity index (χ1n) is 21.6. The van der Waals surface area contributed by atoms with Gasteiger partial charge in [-0.05, 0) is 97.4 Å². The van der Waals surface area contributed by atoms with Gasteiger partial charge >= 0.3 is 0 Å². The number of nitrogens with zero attached hydrogens (tertiary/aromatic N) is 4. The minimum Gasteiger partial charge on any atom is -0.253 e. The van der Waals surface area contributed by atoms with Gasteiger partial charge in [-0.1, -0.05) is 182 Å².